The zero-order valence-electron chi connectivity index (χ0n) is 15.1. The van der Waals surface area contributed by atoms with Gasteiger partial charge in [0.2, 0.25) is 0 Å². The summed E-state index contributed by atoms with van der Waals surface area (Å²) in [6.45, 7) is 8.87. The molecule has 2 heterocycles. The molecule has 0 bridgehead atoms. The van der Waals surface area contributed by atoms with E-state index >= 15 is 0 Å². The molecule has 1 fully saturated rings. The Hall–Kier alpha value is -2.40. The van der Waals surface area contributed by atoms with Gasteiger partial charge in [-0.25, -0.2) is 0 Å². The summed E-state index contributed by atoms with van der Waals surface area (Å²) in [5.74, 6) is 0.375. The number of rotatable bonds is 4. The minimum absolute atomic E-state index is 0.0409. The van der Waals surface area contributed by atoms with Crippen LogP contribution in [0.5, 0.6) is 0 Å². The predicted molar refractivity (Wildman–Crippen MR) is 99.5 cm³/mol. The number of benzene rings is 1. The monoisotopic (exact) mass is 339 g/mol. The van der Waals surface area contributed by atoms with Crippen molar-refractivity contribution in [3.8, 4) is 0 Å². The second-order valence-corrected chi connectivity index (χ2v) is 6.65. The van der Waals surface area contributed by atoms with Gasteiger partial charge in [-0.15, -0.1) is 0 Å². The van der Waals surface area contributed by atoms with Crippen molar-refractivity contribution in [2.75, 3.05) is 31.6 Å². The summed E-state index contributed by atoms with van der Waals surface area (Å²) in [4.78, 5) is 18.7. The number of aryl methyl sites for hydroxylation is 1. The lowest BCUT2D eigenvalue weighted by molar-refractivity contribution is 0.0299. The molecule has 0 spiro atoms. The number of para-hydroxylation sites is 1. The predicted octanol–water partition coefficient (Wildman–Crippen LogP) is 3.73. The number of carbonyl (C=O) groups is 1. The molecule has 3 rings (SSSR count). The van der Waals surface area contributed by atoms with Crippen LogP contribution >= 0.6 is 0 Å². The normalized spacial score (nSPS) is 14.6. The summed E-state index contributed by atoms with van der Waals surface area (Å²) in [5.41, 5.74) is 4.89. The molecular weight excluding hydrogens is 314 g/mol. The number of morpholine rings is 1. The molecule has 1 amide bonds. The molecule has 1 aromatic heterocycles. The van der Waals surface area contributed by atoms with Gasteiger partial charge in [-0.2, -0.15) is 0 Å². The van der Waals surface area contributed by atoms with Gasteiger partial charge in [0, 0.05) is 30.7 Å². The van der Waals surface area contributed by atoms with E-state index in [4.69, 9.17) is 4.74 Å². The second kappa shape index (κ2) is 7.66. The molecule has 0 radical (unpaired) electrons. The highest BCUT2D eigenvalue weighted by Crippen LogP contribution is 2.30. The highest BCUT2D eigenvalue weighted by atomic mass is 16.5. The number of pyridine rings is 1. The van der Waals surface area contributed by atoms with Gasteiger partial charge in [0.15, 0.2) is 0 Å². The number of ether oxygens (including phenoxy) is 1. The van der Waals surface area contributed by atoms with Crippen molar-refractivity contribution in [3.05, 3.63) is 53.3 Å². The zero-order valence-corrected chi connectivity index (χ0v) is 15.1. The zero-order chi connectivity index (χ0) is 17.8. The second-order valence-electron chi connectivity index (χ2n) is 6.65. The molecule has 1 aliphatic heterocycles. The maximum Gasteiger partial charge on any atom is 0.272 e. The Balaban J connectivity index is 1.84. The van der Waals surface area contributed by atoms with Crippen LogP contribution in [0, 0.1) is 6.92 Å². The van der Waals surface area contributed by atoms with Crippen molar-refractivity contribution < 1.29 is 9.53 Å². The number of amides is 1. The van der Waals surface area contributed by atoms with Crippen LogP contribution in [0.3, 0.4) is 0 Å². The SMILES string of the molecule is Cc1cccc(C(C)C)c1Nc1ccnc(C(=O)N2CCOCC2)c1. The fourth-order valence-corrected chi connectivity index (χ4v) is 3.04. The summed E-state index contributed by atoms with van der Waals surface area (Å²) in [6, 6.07) is 10.0. The lowest BCUT2D eigenvalue weighted by Crippen LogP contribution is -2.41. The quantitative estimate of drug-likeness (QED) is 0.922. The third-order valence-electron chi connectivity index (χ3n) is 4.47. The van der Waals surface area contributed by atoms with E-state index in [1.54, 1.807) is 11.1 Å². The van der Waals surface area contributed by atoms with Crippen molar-refractivity contribution in [1.82, 2.24) is 9.88 Å². The van der Waals surface area contributed by atoms with Gasteiger partial charge in [0.25, 0.3) is 5.91 Å². The summed E-state index contributed by atoms with van der Waals surface area (Å²) in [7, 11) is 0. The van der Waals surface area contributed by atoms with Gasteiger partial charge in [-0.1, -0.05) is 32.0 Å². The number of nitrogens with zero attached hydrogens (tertiary/aromatic N) is 2. The maximum atomic E-state index is 12.6. The van der Waals surface area contributed by atoms with E-state index in [9.17, 15) is 4.79 Å². The molecule has 0 unspecified atom stereocenters. The molecule has 0 aliphatic carbocycles. The highest BCUT2D eigenvalue weighted by molar-refractivity contribution is 5.93. The molecule has 132 valence electrons. The van der Waals surface area contributed by atoms with E-state index < -0.39 is 0 Å². The van der Waals surface area contributed by atoms with E-state index in [1.807, 2.05) is 12.1 Å². The van der Waals surface area contributed by atoms with Crippen LogP contribution in [0.1, 0.15) is 41.4 Å². The fourth-order valence-electron chi connectivity index (χ4n) is 3.04. The lowest BCUT2D eigenvalue weighted by atomic mass is 9.98. The molecule has 1 aromatic carbocycles. The molecule has 1 saturated heterocycles. The Morgan fingerprint density at radius 1 is 1.24 bits per heavy atom. The average molecular weight is 339 g/mol. The highest BCUT2D eigenvalue weighted by Gasteiger charge is 2.20. The summed E-state index contributed by atoms with van der Waals surface area (Å²) < 4.78 is 5.31. The number of aromatic nitrogens is 1. The Labute approximate surface area is 149 Å². The minimum atomic E-state index is -0.0409. The van der Waals surface area contributed by atoms with Crippen molar-refractivity contribution in [3.63, 3.8) is 0 Å². The van der Waals surface area contributed by atoms with Crippen LogP contribution in [-0.2, 0) is 4.74 Å². The van der Waals surface area contributed by atoms with E-state index in [2.05, 4.69) is 49.3 Å². The van der Waals surface area contributed by atoms with Gasteiger partial charge in [0.1, 0.15) is 5.69 Å². The Bertz CT molecular complexity index is 752. The summed E-state index contributed by atoms with van der Waals surface area (Å²) >= 11 is 0. The Morgan fingerprint density at radius 2 is 2.00 bits per heavy atom. The van der Waals surface area contributed by atoms with Crippen LogP contribution in [0.4, 0.5) is 11.4 Å². The maximum absolute atomic E-state index is 12.6. The molecule has 5 nitrogen and oxygen atoms in total. The first kappa shape index (κ1) is 17.4. The fraction of sp³-hybridized carbons (Fsp3) is 0.400. The average Bonchev–Trinajstić information content (AvgIpc) is 2.63. The van der Waals surface area contributed by atoms with Crippen LogP contribution in [0.15, 0.2) is 36.5 Å². The molecule has 0 atom stereocenters. The molecule has 1 aliphatic rings. The number of carbonyl (C=O) groups excluding carboxylic acids is 1. The first-order valence-corrected chi connectivity index (χ1v) is 8.76. The lowest BCUT2D eigenvalue weighted by Gasteiger charge is -2.26. The van der Waals surface area contributed by atoms with E-state index in [0.717, 1.165) is 11.4 Å². The number of hydrogen-bond acceptors (Lipinski definition) is 4. The third-order valence-corrected chi connectivity index (χ3v) is 4.47. The third kappa shape index (κ3) is 3.99. The molecule has 5 heteroatoms. The van der Waals surface area contributed by atoms with E-state index in [1.165, 1.54) is 11.1 Å². The number of nitrogens with one attached hydrogen (secondary N) is 1. The number of hydrogen-bond donors (Lipinski definition) is 1. The van der Waals surface area contributed by atoms with Gasteiger partial charge < -0.3 is 15.0 Å². The van der Waals surface area contributed by atoms with Crippen LogP contribution in [-0.4, -0.2) is 42.1 Å². The van der Waals surface area contributed by atoms with Crippen molar-refractivity contribution in [2.24, 2.45) is 0 Å². The van der Waals surface area contributed by atoms with Gasteiger partial charge in [-0.05, 0) is 36.1 Å². The van der Waals surface area contributed by atoms with Crippen molar-refractivity contribution >= 4 is 17.3 Å². The smallest absolute Gasteiger partial charge is 0.272 e. The van der Waals surface area contributed by atoms with E-state index in [0.29, 0.717) is 37.9 Å². The first-order valence-electron chi connectivity index (χ1n) is 8.76. The Morgan fingerprint density at radius 3 is 2.72 bits per heavy atom. The Kier molecular flexibility index (Phi) is 5.34. The van der Waals surface area contributed by atoms with Gasteiger partial charge >= 0.3 is 0 Å². The van der Waals surface area contributed by atoms with Crippen LogP contribution in [0.2, 0.25) is 0 Å². The van der Waals surface area contributed by atoms with Crippen LogP contribution < -0.4 is 5.32 Å². The van der Waals surface area contributed by atoms with Crippen molar-refractivity contribution in [2.45, 2.75) is 26.7 Å². The first-order chi connectivity index (χ1) is 12.1. The molecule has 1 N–H and O–H groups in total. The minimum Gasteiger partial charge on any atom is -0.378 e. The molecule has 25 heavy (non-hydrogen) atoms. The van der Waals surface area contributed by atoms with Gasteiger partial charge in [-0.3, -0.25) is 9.78 Å². The van der Waals surface area contributed by atoms with Crippen molar-refractivity contribution in [1.29, 1.82) is 0 Å². The molecule has 0 saturated carbocycles. The number of anilines is 2. The van der Waals surface area contributed by atoms with Crippen LogP contribution in [0.25, 0.3) is 0 Å². The topological polar surface area (TPSA) is 54.5 Å². The van der Waals surface area contributed by atoms with Gasteiger partial charge in [0.05, 0.1) is 13.2 Å². The largest absolute Gasteiger partial charge is 0.378 e. The summed E-state index contributed by atoms with van der Waals surface area (Å²) in [5, 5.41) is 3.48. The molecular formula is C20H25N3O2. The van der Waals surface area contributed by atoms with E-state index in [-0.39, 0.29) is 5.91 Å². The molecule has 2 aromatic rings. The summed E-state index contributed by atoms with van der Waals surface area (Å²) in [6.07, 6.45) is 1.68. The standard InChI is InChI=1S/C20H25N3O2/c1-14(2)17-6-4-5-15(3)19(17)22-16-7-8-21-18(13-16)20(24)23-9-11-25-12-10-23/h4-8,13-14H,9-12H2,1-3H3,(H,21,22).